The summed E-state index contributed by atoms with van der Waals surface area (Å²) in [4.78, 5) is 32.4. The third-order valence-electron chi connectivity index (χ3n) is 3.13. The topological polar surface area (TPSA) is 107 Å². The predicted molar refractivity (Wildman–Crippen MR) is 76.8 cm³/mol. The molecule has 0 saturated carbocycles. The first kappa shape index (κ1) is 16.1. The number of rotatable bonds is 4. The van der Waals surface area contributed by atoms with Crippen LogP contribution in [0.1, 0.15) is 20.7 Å². The molecular formula is C15H10FNO6. The van der Waals surface area contributed by atoms with Crippen LogP contribution in [0.3, 0.4) is 0 Å². The van der Waals surface area contributed by atoms with E-state index in [0.717, 1.165) is 25.3 Å². The zero-order valence-corrected chi connectivity index (χ0v) is 11.8. The van der Waals surface area contributed by atoms with Gasteiger partial charge in [0, 0.05) is 11.6 Å². The van der Waals surface area contributed by atoms with Gasteiger partial charge in [0.15, 0.2) is 0 Å². The number of halogens is 1. The lowest BCUT2D eigenvalue weighted by Crippen LogP contribution is -2.04. The number of methoxy groups -OCH3 is 1. The number of benzene rings is 2. The molecule has 0 radical (unpaired) electrons. The average molecular weight is 319 g/mol. The van der Waals surface area contributed by atoms with E-state index in [1.807, 2.05) is 0 Å². The summed E-state index contributed by atoms with van der Waals surface area (Å²) < 4.78 is 18.6. The number of hydrogen-bond acceptors (Lipinski definition) is 5. The smallest absolute Gasteiger partial charge is 0.342 e. The third kappa shape index (κ3) is 3.15. The fraction of sp³-hybridized carbons (Fsp3) is 0.0667. The molecule has 0 unspecified atom stereocenters. The number of esters is 1. The number of hydrogen-bond donors (Lipinski definition) is 1. The van der Waals surface area contributed by atoms with E-state index in [1.54, 1.807) is 0 Å². The average Bonchev–Trinajstić information content (AvgIpc) is 2.53. The lowest BCUT2D eigenvalue weighted by atomic mass is 10.0. The number of nitro benzene ring substituents is 1. The summed E-state index contributed by atoms with van der Waals surface area (Å²) in [5.74, 6) is -2.96. The molecule has 23 heavy (non-hydrogen) atoms. The fourth-order valence-electron chi connectivity index (χ4n) is 2.03. The van der Waals surface area contributed by atoms with Crippen LogP contribution >= 0.6 is 0 Å². The molecule has 7 nitrogen and oxygen atoms in total. The molecule has 1 N–H and O–H groups in total. The lowest BCUT2D eigenvalue weighted by Gasteiger charge is -2.07. The molecule has 0 spiro atoms. The van der Waals surface area contributed by atoms with Crippen molar-refractivity contribution in [2.45, 2.75) is 0 Å². The van der Waals surface area contributed by atoms with Crippen LogP contribution in [0.25, 0.3) is 11.1 Å². The third-order valence-corrected chi connectivity index (χ3v) is 3.13. The minimum Gasteiger partial charge on any atom is -0.477 e. The highest BCUT2D eigenvalue weighted by Gasteiger charge is 2.21. The first-order valence-electron chi connectivity index (χ1n) is 6.25. The molecule has 2 aromatic rings. The summed E-state index contributed by atoms with van der Waals surface area (Å²) in [6.07, 6.45) is 0. The van der Waals surface area contributed by atoms with E-state index in [2.05, 4.69) is 4.74 Å². The Balaban J connectivity index is 2.55. The molecule has 0 amide bonds. The fourth-order valence-corrected chi connectivity index (χ4v) is 2.03. The van der Waals surface area contributed by atoms with Crippen molar-refractivity contribution in [1.29, 1.82) is 0 Å². The van der Waals surface area contributed by atoms with Crippen LogP contribution in [0.4, 0.5) is 10.1 Å². The van der Waals surface area contributed by atoms with Crippen molar-refractivity contribution in [2.24, 2.45) is 0 Å². The van der Waals surface area contributed by atoms with Crippen LogP contribution in [0.5, 0.6) is 0 Å². The van der Waals surface area contributed by atoms with Crippen molar-refractivity contribution in [2.75, 3.05) is 7.11 Å². The van der Waals surface area contributed by atoms with E-state index >= 15 is 0 Å². The number of carboxylic acids is 1. The molecule has 0 aliphatic carbocycles. The Hall–Kier alpha value is -3.29. The second kappa shape index (κ2) is 6.22. The van der Waals surface area contributed by atoms with E-state index in [4.69, 9.17) is 5.11 Å². The Morgan fingerprint density at radius 3 is 2.43 bits per heavy atom. The molecular weight excluding hydrogens is 309 g/mol. The number of nitrogens with zero attached hydrogens (tertiary/aromatic N) is 1. The summed E-state index contributed by atoms with van der Waals surface area (Å²) >= 11 is 0. The summed E-state index contributed by atoms with van der Waals surface area (Å²) in [7, 11) is 1.15. The van der Waals surface area contributed by atoms with Gasteiger partial charge in [-0.25, -0.2) is 14.0 Å². The summed E-state index contributed by atoms with van der Waals surface area (Å²) in [5.41, 5.74) is -1.03. The molecule has 8 heteroatoms. The van der Waals surface area contributed by atoms with Gasteiger partial charge in [0.25, 0.3) is 5.69 Å². The normalized spacial score (nSPS) is 10.2. The predicted octanol–water partition coefficient (Wildman–Crippen LogP) is 2.89. The minimum atomic E-state index is -1.45. The quantitative estimate of drug-likeness (QED) is 0.527. The zero-order valence-electron chi connectivity index (χ0n) is 11.8. The summed E-state index contributed by atoms with van der Waals surface area (Å²) in [5, 5.41) is 19.9. The van der Waals surface area contributed by atoms with Gasteiger partial charge in [-0.3, -0.25) is 10.1 Å². The van der Waals surface area contributed by atoms with Gasteiger partial charge >= 0.3 is 11.9 Å². The number of carbonyl (C=O) groups is 2. The minimum absolute atomic E-state index is 0.00214. The maximum Gasteiger partial charge on any atom is 0.342 e. The van der Waals surface area contributed by atoms with Crippen LogP contribution in [0, 0.1) is 15.9 Å². The highest BCUT2D eigenvalue weighted by molar-refractivity contribution is 5.94. The molecule has 0 bridgehead atoms. The molecule has 0 aliphatic heterocycles. The van der Waals surface area contributed by atoms with Crippen molar-refractivity contribution in [3.05, 3.63) is 63.5 Å². The van der Waals surface area contributed by atoms with Gasteiger partial charge in [0.2, 0.25) is 0 Å². The highest BCUT2D eigenvalue weighted by Crippen LogP contribution is 2.29. The van der Waals surface area contributed by atoms with Crippen molar-refractivity contribution in [3.8, 4) is 11.1 Å². The maximum atomic E-state index is 14.1. The van der Waals surface area contributed by atoms with Gasteiger partial charge in [-0.2, -0.15) is 0 Å². The van der Waals surface area contributed by atoms with E-state index in [9.17, 15) is 24.1 Å². The molecule has 0 fully saturated rings. The Labute approximate surface area is 129 Å². The number of ether oxygens (including phenoxy) is 1. The molecule has 118 valence electrons. The van der Waals surface area contributed by atoms with Crippen LogP contribution in [0.15, 0.2) is 36.4 Å². The van der Waals surface area contributed by atoms with Gasteiger partial charge in [0.05, 0.1) is 17.6 Å². The Morgan fingerprint density at radius 1 is 1.22 bits per heavy atom. The molecule has 0 saturated heterocycles. The van der Waals surface area contributed by atoms with Crippen molar-refractivity contribution >= 4 is 17.6 Å². The largest absolute Gasteiger partial charge is 0.477 e. The highest BCUT2D eigenvalue weighted by atomic mass is 19.1. The Bertz CT molecular complexity index is 818. The van der Waals surface area contributed by atoms with Gasteiger partial charge in [-0.15, -0.1) is 0 Å². The van der Waals surface area contributed by atoms with Gasteiger partial charge < -0.3 is 9.84 Å². The van der Waals surface area contributed by atoms with Crippen LogP contribution in [0.2, 0.25) is 0 Å². The van der Waals surface area contributed by atoms with Crippen molar-refractivity contribution in [1.82, 2.24) is 0 Å². The van der Waals surface area contributed by atoms with E-state index in [0.29, 0.717) is 0 Å². The van der Waals surface area contributed by atoms with Gasteiger partial charge in [-0.1, -0.05) is 12.1 Å². The second-order valence-corrected chi connectivity index (χ2v) is 4.48. The Morgan fingerprint density at radius 2 is 1.91 bits per heavy atom. The number of carbonyl (C=O) groups excluding carboxylic acids is 1. The lowest BCUT2D eigenvalue weighted by molar-refractivity contribution is -0.385. The SMILES string of the molecule is COC(=O)c1ccc(-c2ccc(C(=O)O)c([N+](=O)[O-])c2)c(F)c1. The molecule has 0 atom stereocenters. The second-order valence-electron chi connectivity index (χ2n) is 4.48. The van der Waals surface area contributed by atoms with Gasteiger partial charge in [-0.05, 0) is 23.8 Å². The summed E-state index contributed by atoms with van der Waals surface area (Å²) in [6, 6.07) is 6.77. The Kier molecular flexibility index (Phi) is 4.35. The van der Waals surface area contributed by atoms with Gasteiger partial charge in [0.1, 0.15) is 11.4 Å². The summed E-state index contributed by atoms with van der Waals surface area (Å²) in [6.45, 7) is 0. The van der Waals surface area contributed by atoms with Crippen molar-refractivity contribution < 1.29 is 28.7 Å². The van der Waals surface area contributed by atoms with E-state index < -0.39 is 33.9 Å². The molecule has 0 aliphatic rings. The number of carboxylic acid groups (broad SMARTS) is 1. The van der Waals surface area contributed by atoms with Crippen molar-refractivity contribution in [3.63, 3.8) is 0 Å². The van der Waals surface area contributed by atoms with Crippen LogP contribution < -0.4 is 0 Å². The first-order valence-corrected chi connectivity index (χ1v) is 6.25. The first-order chi connectivity index (χ1) is 10.8. The van der Waals surface area contributed by atoms with Crippen LogP contribution in [-0.2, 0) is 4.74 Å². The zero-order chi connectivity index (χ0) is 17.1. The van der Waals surface area contributed by atoms with Crippen LogP contribution in [-0.4, -0.2) is 29.1 Å². The molecule has 0 heterocycles. The van der Waals surface area contributed by atoms with E-state index in [-0.39, 0.29) is 16.7 Å². The monoisotopic (exact) mass is 319 g/mol. The molecule has 2 aromatic carbocycles. The standard InChI is InChI=1S/C15H10FNO6/c1-23-15(20)9-3-4-10(12(16)6-9)8-2-5-11(14(18)19)13(7-8)17(21)22/h2-7H,1H3,(H,18,19). The molecule has 2 rings (SSSR count). The number of aromatic carboxylic acids is 1. The molecule has 0 aromatic heterocycles. The van der Waals surface area contributed by atoms with E-state index in [1.165, 1.54) is 18.2 Å². The number of nitro groups is 1. The maximum absolute atomic E-state index is 14.1.